The minimum Gasteiger partial charge on any atom is -0.384 e. The van der Waals surface area contributed by atoms with E-state index in [0.29, 0.717) is 11.4 Å². The molecule has 1 unspecified atom stereocenters. The third-order valence-electron chi connectivity index (χ3n) is 2.58. The molecule has 1 heterocycles. The van der Waals surface area contributed by atoms with Crippen LogP contribution in [0, 0.1) is 0 Å². The maximum atomic E-state index is 5.96. The Morgan fingerprint density at radius 3 is 3.00 bits per heavy atom. The second kappa shape index (κ2) is 5.80. The number of ether oxygens (including phenoxy) is 1. The molecule has 2 rings (SSSR count). The predicted molar refractivity (Wildman–Crippen MR) is 75.0 cm³/mol. The number of benzene rings is 1. The Balaban J connectivity index is 2.34. The Labute approximate surface area is 114 Å². The van der Waals surface area contributed by atoms with Crippen molar-refractivity contribution < 1.29 is 4.74 Å². The fourth-order valence-corrected chi connectivity index (χ4v) is 2.62. The topological polar surface area (TPSA) is 22.1 Å². The van der Waals surface area contributed by atoms with Gasteiger partial charge >= 0.3 is 0 Å². The summed E-state index contributed by atoms with van der Waals surface area (Å²) in [5, 5.41) is 1.87. The molecule has 0 radical (unpaired) electrons. The molecule has 0 amide bonds. The van der Waals surface area contributed by atoms with Crippen LogP contribution in [-0.2, 0) is 11.2 Å². The minimum atomic E-state index is 0.314. The van der Waals surface area contributed by atoms with Crippen LogP contribution in [0.5, 0.6) is 0 Å². The van der Waals surface area contributed by atoms with Gasteiger partial charge in [0.25, 0.3) is 0 Å². The lowest BCUT2D eigenvalue weighted by Gasteiger charge is -2.10. The molecule has 0 fully saturated rings. The van der Waals surface area contributed by atoms with E-state index in [0.717, 1.165) is 22.3 Å². The predicted octanol–water partition coefficient (Wildman–Crippen LogP) is 3.84. The van der Waals surface area contributed by atoms with E-state index >= 15 is 0 Å². The zero-order chi connectivity index (χ0) is 12.3. The molecule has 0 spiro atoms. The molecule has 0 aliphatic rings. The quantitative estimate of drug-likeness (QED) is 0.800. The summed E-state index contributed by atoms with van der Waals surface area (Å²) in [7, 11) is 1.71. The van der Waals surface area contributed by atoms with Gasteiger partial charge in [0.05, 0.1) is 12.1 Å². The molecular weight excluding hydrogens is 302 g/mol. The lowest BCUT2D eigenvalue weighted by Crippen LogP contribution is -2.10. The maximum absolute atomic E-state index is 5.96. The van der Waals surface area contributed by atoms with E-state index in [1.54, 1.807) is 7.11 Å². The summed E-state index contributed by atoms with van der Waals surface area (Å²) >= 11 is 9.56. The number of aromatic nitrogens is 1. The van der Waals surface area contributed by atoms with Gasteiger partial charge in [-0.1, -0.05) is 33.6 Å². The molecule has 17 heavy (non-hydrogen) atoms. The first-order chi connectivity index (χ1) is 8.20. The van der Waals surface area contributed by atoms with Crippen molar-refractivity contribution in [3.05, 3.63) is 41.0 Å². The number of nitrogens with zero attached hydrogens (tertiary/aromatic N) is 1. The van der Waals surface area contributed by atoms with Crippen molar-refractivity contribution in [2.45, 2.75) is 11.2 Å². The summed E-state index contributed by atoms with van der Waals surface area (Å²) in [6, 6.07) is 7.85. The number of pyridine rings is 1. The Morgan fingerprint density at radius 1 is 1.41 bits per heavy atom. The molecule has 2 aromatic rings. The molecule has 0 aliphatic carbocycles. The highest BCUT2D eigenvalue weighted by molar-refractivity contribution is 9.09. The third kappa shape index (κ3) is 3.18. The number of hydrogen-bond acceptors (Lipinski definition) is 2. The van der Waals surface area contributed by atoms with E-state index in [1.807, 2.05) is 30.5 Å². The number of alkyl halides is 1. The summed E-state index contributed by atoms with van der Waals surface area (Å²) in [6.45, 7) is 0.692. The first-order valence-corrected chi connectivity index (χ1v) is 6.66. The first kappa shape index (κ1) is 12.8. The molecule has 1 aromatic carbocycles. The Kier molecular flexibility index (Phi) is 4.37. The van der Waals surface area contributed by atoms with Crippen molar-refractivity contribution >= 4 is 38.4 Å². The van der Waals surface area contributed by atoms with Crippen molar-refractivity contribution in [3.8, 4) is 0 Å². The average molecular weight is 315 g/mol. The Bertz CT molecular complexity index is 518. The van der Waals surface area contributed by atoms with Crippen LogP contribution in [0.25, 0.3) is 10.9 Å². The fourth-order valence-electron chi connectivity index (χ4n) is 1.84. The number of halogens is 2. The summed E-state index contributed by atoms with van der Waals surface area (Å²) in [6.07, 6.45) is 2.73. The summed E-state index contributed by atoms with van der Waals surface area (Å²) < 4.78 is 5.12. The highest BCUT2D eigenvalue weighted by Crippen LogP contribution is 2.23. The second-order valence-electron chi connectivity index (χ2n) is 3.89. The second-order valence-corrected chi connectivity index (χ2v) is 5.62. The van der Waals surface area contributed by atoms with Gasteiger partial charge in [0, 0.05) is 28.5 Å². The van der Waals surface area contributed by atoms with E-state index in [-0.39, 0.29) is 0 Å². The van der Waals surface area contributed by atoms with Gasteiger partial charge in [0.2, 0.25) is 0 Å². The van der Waals surface area contributed by atoms with Crippen LogP contribution in [0.15, 0.2) is 30.5 Å². The molecule has 1 atom stereocenters. The standard InChI is InChI=1S/C13H13BrClNO/c1-17-8-10(14)6-9-4-5-16-13-7-11(15)2-3-12(9)13/h2-5,7,10H,6,8H2,1H3. The zero-order valence-corrected chi connectivity index (χ0v) is 11.8. The summed E-state index contributed by atoms with van der Waals surface area (Å²) in [4.78, 5) is 4.64. The number of fused-ring (bicyclic) bond motifs is 1. The third-order valence-corrected chi connectivity index (χ3v) is 3.41. The SMILES string of the molecule is COCC(Br)Cc1ccnc2cc(Cl)ccc12. The smallest absolute Gasteiger partial charge is 0.0719 e. The van der Waals surface area contributed by atoms with Gasteiger partial charge in [-0.25, -0.2) is 0 Å². The molecule has 0 aliphatic heterocycles. The largest absolute Gasteiger partial charge is 0.384 e. The lowest BCUT2D eigenvalue weighted by molar-refractivity contribution is 0.200. The van der Waals surface area contributed by atoms with Gasteiger partial charge in [-0.3, -0.25) is 4.98 Å². The van der Waals surface area contributed by atoms with E-state index in [1.165, 1.54) is 5.56 Å². The monoisotopic (exact) mass is 313 g/mol. The van der Waals surface area contributed by atoms with Crippen LogP contribution in [0.3, 0.4) is 0 Å². The van der Waals surface area contributed by atoms with Crippen LogP contribution in [0.2, 0.25) is 5.02 Å². The molecule has 0 N–H and O–H groups in total. The van der Waals surface area contributed by atoms with E-state index in [4.69, 9.17) is 16.3 Å². The van der Waals surface area contributed by atoms with Gasteiger partial charge in [-0.05, 0) is 30.2 Å². The highest BCUT2D eigenvalue weighted by atomic mass is 79.9. The van der Waals surface area contributed by atoms with Gasteiger partial charge in [-0.15, -0.1) is 0 Å². The molecule has 0 saturated heterocycles. The Hall–Kier alpha value is -0.640. The van der Waals surface area contributed by atoms with Gasteiger partial charge in [0.15, 0.2) is 0 Å². The number of hydrogen-bond donors (Lipinski definition) is 0. The van der Waals surface area contributed by atoms with E-state index in [9.17, 15) is 0 Å². The van der Waals surface area contributed by atoms with E-state index in [2.05, 4.69) is 20.9 Å². The minimum absolute atomic E-state index is 0.314. The van der Waals surface area contributed by atoms with Crippen LogP contribution < -0.4 is 0 Å². The zero-order valence-electron chi connectivity index (χ0n) is 9.49. The van der Waals surface area contributed by atoms with Crippen LogP contribution in [0.4, 0.5) is 0 Å². The average Bonchev–Trinajstić information content (AvgIpc) is 2.29. The fraction of sp³-hybridized carbons (Fsp3) is 0.308. The van der Waals surface area contributed by atoms with Crippen LogP contribution in [0.1, 0.15) is 5.56 Å². The maximum Gasteiger partial charge on any atom is 0.0719 e. The molecular formula is C13H13BrClNO. The van der Waals surface area contributed by atoms with Crippen LogP contribution >= 0.6 is 27.5 Å². The number of methoxy groups -OCH3 is 1. The molecule has 1 aromatic heterocycles. The van der Waals surface area contributed by atoms with Crippen molar-refractivity contribution in [3.63, 3.8) is 0 Å². The Morgan fingerprint density at radius 2 is 2.24 bits per heavy atom. The lowest BCUT2D eigenvalue weighted by atomic mass is 10.1. The van der Waals surface area contributed by atoms with Crippen molar-refractivity contribution in [2.75, 3.05) is 13.7 Å². The molecule has 2 nitrogen and oxygen atoms in total. The normalized spacial score (nSPS) is 12.9. The summed E-state index contributed by atoms with van der Waals surface area (Å²) in [5.74, 6) is 0. The first-order valence-electron chi connectivity index (χ1n) is 5.37. The molecule has 0 saturated carbocycles. The van der Waals surface area contributed by atoms with E-state index < -0.39 is 0 Å². The van der Waals surface area contributed by atoms with Gasteiger partial charge in [0.1, 0.15) is 0 Å². The van der Waals surface area contributed by atoms with Crippen molar-refractivity contribution in [1.82, 2.24) is 4.98 Å². The molecule has 4 heteroatoms. The number of rotatable bonds is 4. The molecule has 90 valence electrons. The van der Waals surface area contributed by atoms with Crippen LogP contribution in [-0.4, -0.2) is 23.5 Å². The highest BCUT2D eigenvalue weighted by Gasteiger charge is 2.08. The summed E-state index contributed by atoms with van der Waals surface area (Å²) in [5.41, 5.74) is 2.19. The van der Waals surface area contributed by atoms with Gasteiger partial charge in [-0.2, -0.15) is 0 Å². The van der Waals surface area contributed by atoms with Crippen molar-refractivity contribution in [2.24, 2.45) is 0 Å². The van der Waals surface area contributed by atoms with Gasteiger partial charge < -0.3 is 4.74 Å². The molecule has 0 bridgehead atoms. The van der Waals surface area contributed by atoms with Crippen molar-refractivity contribution in [1.29, 1.82) is 0 Å².